The van der Waals surface area contributed by atoms with Crippen LogP contribution >= 0.6 is 0 Å². The third kappa shape index (κ3) is 3.94. The molecule has 0 bridgehead atoms. The summed E-state index contributed by atoms with van der Waals surface area (Å²) in [6, 6.07) is 3.88. The molecule has 1 aromatic rings. The van der Waals surface area contributed by atoms with Gasteiger partial charge in [0.05, 0.1) is 6.10 Å². The van der Waals surface area contributed by atoms with Gasteiger partial charge in [0.25, 0.3) is 0 Å². The van der Waals surface area contributed by atoms with Crippen molar-refractivity contribution in [1.82, 2.24) is 14.8 Å². The van der Waals surface area contributed by atoms with Crippen LogP contribution in [0.25, 0.3) is 0 Å². The Labute approximate surface area is 108 Å². The molecule has 2 rings (SSSR count). The molecule has 1 atom stereocenters. The van der Waals surface area contributed by atoms with Crippen LogP contribution in [0.4, 0.5) is 5.82 Å². The van der Waals surface area contributed by atoms with E-state index in [-0.39, 0.29) is 6.10 Å². The first-order valence-electron chi connectivity index (χ1n) is 6.46. The number of β-amino-alcohol motifs (C(OH)–C–C–N with tert-alkyl or cyclic N) is 1. The molecule has 0 amide bonds. The van der Waals surface area contributed by atoms with Crippen LogP contribution in [0.3, 0.4) is 0 Å². The summed E-state index contributed by atoms with van der Waals surface area (Å²) < 4.78 is 0. The van der Waals surface area contributed by atoms with E-state index < -0.39 is 0 Å². The molecule has 0 aromatic carbocycles. The third-order valence-corrected chi connectivity index (χ3v) is 3.24. The van der Waals surface area contributed by atoms with E-state index in [1.165, 1.54) is 5.56 Å². The predicted molar refractivity (Wildman–Crippen MR) is 72.0 cm³/mol. The van der Waals surface area contributed by atoms with E-state index in [1.54, 1.807) is 0 Å². The molecular weight excluding hydrogens is 228 g/mol. The highest BCUT2D eigenvalue weighted by Crippen LogP contribution is 2.09. The molecule has 0 saturated carbocycles. The lowest BCUT2D eigenvalue weighted by atomic mass is 10.2. The standard InChI is InChI=1S/C13H22N4O/c1-11(18)9-16-4-6-17(7-5-16)10-12-2-3-13(14)15-8-12/h2-3,8,11,18H,4-7,9-10H2,1H3,(H2,14,15). The van der Waals surface area contributed by atoms with Crippen molar-refractivity contribution in [3.05, 3.63) is 23.9 Å². The number of aliphatic hydroxyl groups excluding tert-OH is 1. The summed E-state index contributed by atoms with van der Waals surface area (Å²) in [4.78, 5) is 8.82. The number of piperazine rings is 1. The zero-order valence-electron chi connectivity index (χ0n) is 10.9. The van der Waals surface area contributed by atoms with Gasteiger partial charge in [-0.1, -0.05) is 6.07 Å². The Kier molecular flexibility index (Phi) is 4.52. The second-order valence-corrected chi connectivity index (χ2v) is 5.02. The van der Waals surface area contributed by atoms with E-state index in [1.807, 2.05) is 25.3 Å². The van der Waals surface area contributed by atoms with Gasteiger partial charge in [-0.05, 0) is 18.6 Å². The van der Waals surface area contributed by atoms with Gasteiger partial charge in [0, 0.05) is 45.5 Å². The third-order valence-electron chi connectivity index (χ3n) is 3.24. The fourth-order valence-electron chi connectivity index (χ4n) is 2.29. The molecule has 0 aliphatic carbocycles. The summed E-state index contributed by atoms with van der Waals surface area (Å²) >= 11 is 0. The molecule has 1 saturated heterocycles. The Bertz CT molecular complexity index is 358. The molecule has 1 aromatic heterocycles. The Morgan fingerprint density at radius 2 is 1.94 bits per heavy atom. The summed E-state index contributed by atoms with van der Waals surface area (Å²) in [6.07, 6.45) is 1.61. The number of pyridine rings is 1. The van der Waals surface area contributed by atoms with Gasteiger partial charge >= 0.3 is 0 Å². The van der Waals surface area contributed by atoms with Gasteiger partial charge in [-0.15, -0.1) is 0 Å². The lowest BCUT2D eigenvalue weighted by Gasteiger charge is -2.35. The SMILES string of the molecule is CC(O)CN1CCN(Cc2ccc(N)nc2)CC1. The Balaban J connectivity index is 1.78. The number of rotatable bonds is 4. The van der Waals surface area contributed by atoms with Gasteiger partial charge in [0.2, 0.25) is 0 Å². The van der Waals surface area contributed by atoms with Crippen molar-refractivity contribution in [3.63, 3.8) is 0 Å². The molecule has 18 heavy (non-hydrogen) atoms. The molecular formula is C13H22N4O. The maximum absolute atomic E-state index is 9.36. The molecule has 0 spiro atoms. The molecule has 2 heterocycles. The minimum absolute atomic E-state index is 0.238. The molecule has 3 N–H and O–H groups in total. The number of nitrogens with two attached hydrogens (primary N) is 1. The Morgan fingerprint density at radius 1 is 1.28 bits per heavy atom. The largest absolute Gasteiger partial charge is 0.392 e. The molecule has 5 heteroatoms. The highest BCUT2D eigenvalue weighted by molar-refractivity contribution is 5.29. The maximum atomic E-state index is 9.36. The summed E-state index contributed by atoms with van der Waals surface area (Å²) in [5.41, 5.74) is 6.77. The van der Waals surface area contributed by atoms with Crippen molar-refractivity contribution in [1.29, 1.82) is 0 Å². The van der Waals surface area contributed by atoms with E-state index >= 15 is 0 Å². The zero-order chi connectivity index (χ0) is 13.0. The van der Waals surface area contributed by atoms with E-state index in [0.717, 1.165) is 39.3 Å². The fraction of sp³-hybridized carbons (Fsp3) is 0.615. The van der Waals surface area contributed by atoms with Crippen LogP contribution in [-0.4, -0.2) is 58.7 Å². The van der Waals surface area contributed by atoms with Gasteiger partial charge in [-0.2, -0.15) is 0 Å². The van der Waals surface area contributed by atoms with E-state index in [2.05, 4.69) is 14.8 Å². The lowest BCUT2D eigenvalue weighted by molar-refractivity contribution is 0.0780. The number of aliphatic hydroxyl groups is 1. The van der Waals surface area contributed by atoms with Crippen LogP contribution in [-0.2, 0) is 6.54 Å². The minimum Gasteiger partial charge on any atom is -0.392 e. The Hall–Kier alpha value is -1.17. The molecule has 5 nitrogen and oxygen atoms in total. The first kappa shape index (κ1) is 13.3. The first-order valence-corrected chi connectivity index (χ1v) is 6.46. The van der Waals surface area contributed by atoms with Gasteiger partial charge in [0.15, 0.2) is 0 Å². The van der Waals surface area contributed by atoms with Crippen molar-refractivity contribution >= 4 is 5.82 Å². The van der Waals surface area contributed by atoms with Crippen LogP contribution < -0.4 is 5.73 Å². The predicted octanol–water partition coefficient (Wildman–Crippen LogP) is 0.162. The smallest absolute Gasteiger partial charge is 0.123 e. The molecule has 1 unspecified atom stereocenters. The number of anilines is 1. The topological polar surface area (TPSA) is 65.6 Å². The quantitative estimate of drug-likeness (QED) is 0.797. The van der Waals surface area contributed by atoms with Crippen LogP contribution in [0, 0.1) is 0 Å². The average molecular weight is 250 g/mol. The van der Waals surface area contributed by atoms with Crippen LogP contribution in [0.1, 0.15) is 12.5 Å². The average Bonchev–Trinajstić information content (AvgIpc) is 2.34. The number of hydrogen-bond acceptors (Lipinski definition) is 5. The monoisotopic (exact) mass is 250 g/mol. The van der Waals surface area contributed by atoms with Gasteiger partial charge in [0.1, 0.15) is 5.82 Å². The normalized spacial score (nSPS) is 19.9. The molecule has 1 fully saturated rings. The van der Waals surface area contributed by atoms with Crippen LogP contribution in [0.2, 0.25) is 0 Å². The van der Waals surface area contributed by atoms with Gasteiger partial charge in [-0.25, -0.2) is 4.98 Å². The van der Waals surface area contributed by atoms with Crippen molar-refractivity contribution in [2.75, 3.05) is 38.5 Å². The second-order valence-electron chi connectivity index (χ2n) is 5.02. The molecule has 1 aliphatic rings. The van der Waals surface area contributed by atoms with Crippen molar-refractivity contribution in [2.45, 2.75) is 19.6 Å². The number of nitrogen functional groups attached to an aromatic ring is 1. The van der Waals surface area contributed by atoms with Crippen molar-refractivity contribution in [3.8, 4) is 0 Å². The molecule has 100 valence electrons. The minimum atomic E-state index is -0.238. The summed E-state index contributed by atoms with van der Waals surface area (Å²) in [5, 5.41) is 9.36. The Morgan fingerprint density at radius 3 is 2.50 bits per heavy atom. The number of hydrogen-bond donors (Lipinski definition) is 2. The lowest BCUT2D eigenvalue weighted by Crippen LogP contribution is -2.47. The van der Waals surface area contributed by atoms with Crippen LogP contribution in [0.15, 0.2) is 18.3 Å². The number of aromatic nitrogens is 1. The van der Waals surface area contributed by atoms with E-state index in [4.69, 9.17) is 5.73 Å². The van der Waals surface area contributed by atoms with E-state index in [0.29, 0.717) is 5.82 Å². The summed E-state index contributed by atoms with van der Waals surface area (Å²) in [7, 11) is 0. The van der Waals surface area contributed by atoms with Crippen LogP contribution in [0.5, 0.6) is 0 Å². The summed E-state index contributed by atoms with van der Waals surface area (Å²) in [6.45, 7) is 7.66. The molecule has 1 aliphatic heterocycles. The summed E-state index contributed by atoms with van der Waals surface area (Å²) in [5.74, 6) is 0.570. The maximum Gasteiger partial charge on any atom is 0.123 e. The van der Waals surface area contributed by atoms with Crippen molar-refractivity contribution < 1.29 is 5.11 Å². The number of nitrogens with zero attached hydrogens (tertiary/aromatic N) is 3. The zero-order valence-corrected chi connectivity index (χ0v) is 10.9. The fourth-order valence-corrected chi connectivity index (χ4v) is 2.29. The second kappa shape index (κ2) is 6.13. The highest BCUT2D eigenvalue weighted by atomic mass is 16.3. The highest BCUT2D eigenvalue weighted by Gasteiger charge is 2.17. The van der Waals surface area contributed by atoms with Gasteiger partial charge < -0.3 is 10.8 Å². The van der Waals surface area contributed by atoms with E-state index in [9.17, 15) is 5.11 Å². The van der Waals surface area contributed by atoms with Gasteiger partial charge in [-0.3, -0.25) is 9.80 Å². The molecule has 0 radical (unpaired) electrons. The first-order chi connectivity index (χ1) is 8.63. The van der Waals surface area contributed by atoms with Crippen molar-refractivity contribution in [2.24, 2.45) is 0 Å².